The van der Waals surface area contributed by atoms with Crippen molar-refractivity contribution in [3.05, 3.63) is 53.4 Å². The maximum atomic E-state index is 12.8. The van der Waals surface area contributed by atoms with Gasteiger partial charge in [0, 0.05) is 27.7 Å². The first-order valence-electron chi connectivity index (χ1n) is 6.01. The molecule has 100 valence electrons. The molecule has 2 nitrogen and oxygen atoms in total. The molecule has 1 heterocycles. The highest BCUT2D eigenvalue weighted by molar-refractivity contribution is 9.08. The average Bonchev–Trinajstić information content (AvgIpc) is 2.46. The molecule has 2 aromatic rings. The van der Waals surface area contributed by atoms with Crippen LogP contribution >= 0.6 is 27.7 Å². The fourth-order valence-electron chi connectivity index (χ4n) is 1.65. The second-order valence-electron chi connectivity index (χ2n) is 3.99. The second kappa shape index (κ2) is 7.01. The minimum atomic E-state index is -0.212. The van der Waals surface area contributed by atoms with Crippen LogP contribution in [0.1, 0.15) is 24.0 Å². The van der Waals surface area contributed by atoms with Gasteiger partial charge in [0.1, 0.15) is 11.6 Å². The van der Waals surface area contributed by atoms with Crippen LogP contribution in [0.5, 0.6) is 0 Å². The average molecular weight is 341 g/mol. The topological polar surface area (TPSA) is 25.8 Å². The monoisotopic (exact) mass is 340 g/mol. The first-order valence-corrected chi connectivity index (χ1v) is 8.11. The lowest BCUT2D eigenvalue weighted by atomic mass is 10.2. The Hall–Kier alpha value is -0.940. The Morgan fingerprint density at radius 3 is 2.63 bits per heavy atom. The Bertz CT molecular complexity index is 546. The van der Waals surface area contributed by atoms with Crippen molar-refractivity contribution < 1.29 is 4.39 Å². The SMILES string of the molecule is CCc1nc(CSc2ccc(F)cc2)ncc1CBr. The number of thioether (sulfide) groups is 1. The van der Waals surface area contributed by atoms with E-state index in [1.54, 1.807) is 23.9 Å². The van der Waals surface area contributed by atoms with Gasteiger partial charge in [-0.25, -0.2) is 14.4 Å². The fraction of sp³-hybridized carbons (Fsp3) is 0.286. The Balaban J connectivity index is 2.05. The molecule has 0 fully saturated rings. The number of benzene rings is 1. The maximum Gasteiger partial charge on any atom is 0.138 e. The van der Waals surface area contributed by atoms with E-state index in [2.05, 4.69) is 32.8 Å². The number of aromatic nitrogens is 2. The molecule has 5 heteroatoms. The van der Waals surface area contributed by atoms with E-state index in [1.165, 1.54) is 12.1 Å². The smallest absolute Gasteiger partial charge is 0.138 e. The largest absolute Gasteiger partial charge is 0.240 e. The van der Waals surface area contributed by atoms with Gasteiger partial charge >= 0.3 is 0 Å². The number of alkyl halides is 1. The van der Waals surface area contributed by atoms with Crippen molar-refractivity contribution in [1.29, 1.82) is 0 Å². The van der Waals surface area contributed by atoms with Crippen molar-refractivity contribution in [2.45, 2.75) is 29.3 Å². The second-order valence-corrected chi connectivity index (χ2v) is 5.60. The van der Waals surface area contributed by atoms with Crippen molar-refractivity contribution in [1.82, 2.24) is 9.97 Å². The molecule has 0 saturated carbocycles. The Labute approximate surface area is 125 Å². The quantitative estimate of drug-likeness (QED) is 0.597. The van der Waals surface area contributed by atoms with Crippen LogP contribution in [-0.2, 0) is 17.5 Å². The van der Waals surface area contributed by atoms with Crippen LogP contribution < -0.4 is 0 Å². The Kier molecular flexibility index (Phi) is 5.34. The Morgan fingerprint density at radius 1 is 1.26 bits per heavy atom. The molecule has 0 radical (unpaired) electrons. The van der Waals surface area contributed by atoms with Gasteiger partial charge in [-0.05, 0) is 30.7 Å². The van der Waals surface area contributed by atoms with Gasteiger partial charge in [0.2, 0.25) is 0 Å². The summed E-state index contributed by atoms with van der Waals surface area (Å²) in [6.07, 6.45) is 2.78. The van der Waals surface area contributed by atoms with Crippen LogP contribution in [-0.4, -0.2) is 9.97 Å². The minimum Gasteiger partial charge on any atom is -0.240 e. The first kappa shape index (κ1) is 14.5. The highest BCUT2D eigenvalue weighted by Gasteiger charge is 2.05. The molecule has 2 rings (SSSR count). The van der Waals surface area contributed by atoms with Crippen LogP contribution in [0.2, 0.25) is 0 Å². The summed E-state index contributed by atoms with van der Waals surface area (Å²) in [7, 11) is 0. The summed E-state index contributed by atoms with van der Waals surface area (Å²) >= 11 is 5.05. The number of nitrogens with zero attached hydrogens (tertiary/aromatic N) is 2. The lowest BCUT2D eigenvalue weighted by Crippen LogP contribution is -2.01. The number of halogens is 2. The summed E-state index contributed by atoms with van der Waals surface area (Å²) in [5.41, 5.74) is 2.22. The molecule has 0 atom stereocenters. The zero-order valence-corrected chi connectivity index (χ0v) is 13.0. The van der Waals surface area contributed by atoms with E-state index < -0.39 is 0 Å². The molecule has 0 aliphatic carbocycles. The number of aryl methyl sites for hydroxylation is 1. The van der Waals surface area contributed by atoms with Crippen LogP contribution in [0.3, 0.4) is 0 Å². The standard InChI is InChI=1S/C14H14BrFN2S/c1-2-13-10(7-15)8-17-14(18-13)9-19-12-5-3-11(16)4-6-12/h3-6,8H,2,7,9H2,1H3. The molecule has 0 unspecified atom stereocenters. The van der Waals surface area contributed by atoms with E-state index in [0.717, 1.165) is 33.7 Å². The molecular formula is C14H14BrFN2S. The summed E-state index contributed by atoms with van der Waals surface area (Å²) in [4.78, 5) is 9.93. The molecule has 0 N–H and O–H groups in total. The first-order chi connectivity index (χ1) is 9.22. The van der Waals surface area contributed by atoms with Crippen molar-refractivity contribution in [2.24, 2.45) is 0 Å². The van der Waals surface area contributed by atoms with Gasteiger partial charge < -0.3 is 0 Å². The zero-order valence-electron chi connectivity index (χ0n) is 10.6. The van der Waals surface area contributed by atoms with Crippen molar-refractivity contribution in [3.63, 3.8) is 0 Å². The van der Waals surface area contributed by atoms with Crippen molar-refractivity contribution >= 4 is 27.7 Å². The van der Waals surface area contributed by atoms with Gasteiger partial charge in [-0.3, -0.25) is 0 Å². The predicted octanol–water partition coefficient (Wildman–Crippen LogP) is 4.37. The zero-order chi connectivity index (χ0) is 13.7. The number of rotatable bonds is 5. The molecule has 0 saturated heterocycles. The van der Waals surface area contributed by atoms with Crippen LogP contribution in [0.25, 0.3) is 0 Å². The minimum absolute atomic E-state index is 0.212. The third-order valence-electron chi connectivity index (χ3n) is 2.66. The lowest BCUT2D eigenvalue weighted by Gasteiger charge is -2.06. The fourth-order valence-corrected chi connectivity index (χ4v) is 2.88. The highest BCUT2D eigenvalue weighted by atomic mass is 79.9. The third kappa shape index (κ3) is 4.01. The van der Waals surface area contributed by atoms with Gasteiger partial charge in [0.15, 0.2) is 0 Å². The normalized spacial score (nSPS) is 10.7. The van der Waals surface area contributed by atoms with Crippen LogP contribution in [0.4, 0.5) is 4.39 Å². The van der Waals surface area contributed by atoms with Gasteiger partial charge in [-0.2, -0.15) is 0 Å². The summed E-state index contributed by atoms with van der Waals surface area (Å²) in [6.45, 7) is 2.09. The van der Waals surface area contributed by atoms with Crippen LogP contribution in [0, 0.1) is 5.82 Å². The van der Waals surface area contributed by atoms with Crippen molar-refractivity contribution in [2.75, 3.05) is 0 Å². The van der Waals surface area contributed by atoms with Crippen LogP contribution in [0.15, 0.2) is 35.4 Å². The van der Waals surface area contributed by atoms with Gasteiger partial charge in [-0.15, -0.1) is 11.8 Å². The number of hydrogen-bond donors (Lipinski definition) is 0. The Morgan fingerprint density at radius 2 is 2.00 bits per heavy atom. The number of hydrogen-bond acceptors (Lipinski definition) is 3. The van der Waals surface area contributed by atoms with E-state index in [4.69, 9.17) is 0 Å². The van der Waals surface area contributed by atoms with Gasteiger partial charge in [0.05, 0.1) is 5.75 Å². The maximum absolute atomic E-state index is 12.8. The van der Waals surface area contributed by atoms with E-state index in [9.17, 15) is 4.39 Å². The molecule has 0 amide bonds. The van der Waals surface area contributed by atoms with E-state index >= 15 is 0 Å². The summed E-state index contributed by atoms with van der Waals surface area (Å²) < 4.78 is 12.8. The molecule has 0 aliphatic rings. The molecule has 0 bridgehead atoms. The van der Waals surface area contributed by atoms with E-state index in [0.29, 0.717) is 5.75 Å². The summed E-state index contributed by atoms with van der Waals surface area (Å²) in [5.74, 6) is 1.30. The summed E-state index contributed by atoms with van der Waals surface area (Å²) in [6, 6.07) is 6.48. The molecular weight excluding hydrogens is 327 g/mol. The molecule has 19 heavy (non-hydrogen) atoms. The molecule has 0 spiro atoms. The van der Waals surface area contributed by atoms with Crippen molar-refractivity contribution in [3.8, 4) is 0 Å². The predicted molar refractivity (Wildman–Crippen MR) is 80.0 cm³/mol. The highest BCUT2D eigenvalue weighted by Crippen LogP contribution is 2.22. The molecule has 1 aromatic carbocycles. The van der Waals surface area contributed by atoms with E-state index in [1.807, 2.05) is 6.20 Å². The van der Waals surface area contributed by atoms with Gasteiger partial charge in [-0.1, -0.05) is 22.9 Å². The summed E-state index contributed by atoms with van der Waals surface area (Å²) in [5, 5.41) is 0.779. The molecule has 0 aliphatic heterocycles. The molecule has 1 aromatic heterocycles. The van der Waals surface area contributed by atoms with E-state index in [-0.39, 0.29) is 5.82 Å². The lowest BCUT2D eigenvalue weighted by molar-refractivity contribution is 0.626. The third-order valence-corrected chi connectivity index (χ3v) is 4.28. The van der Waals surface area contributed by atoms with Gasteiger partial charge in [0.25, 0.3) is 0 Å².